The SMILES string of the molecule is CC(C)C[C@]1(C)NC(=O)N(CC(=O)NC(=O)NC(C)C)C1=O. The number of hydrogen-bond acceptors (Lipinski definition) is 4. The molecule has 0 radical (unpaired) electrons. The van der Waals surface area contributed by atoms with Gasteiger partial charge < -0.3 is 10.6 Å². The molecule has 6 amide bonds. The van der Waals surface area contributed by atoms with E-state index in [1.54, 1.807) is 20.8 Å². The summed E-state index contributed by atoms with van der Waals surface area (Å²) in [5.74, 6) is -0.957. The smallest absolute Gasteiger partial charge is 0.325 e. The molecule has 0 unspecified atom stereocenters. The Hall–Kier alpha value is -2.12. The van der Waals surface area contributed by atoms with Crippen LogP contribution in [0.1, 0.15) is 41.0 Å². The molecule has 3 N–H and O–H groups in total. The van der Waals surface area contributed by atoms with E-state index < -0.39 is 36.0 Å². The van der Waals surface area contributed by atoms with E-state index in [-0.39, 0.29) is 12.0 Å². The van der Waals surface area contributed by atoms with E-state index in [2.05, 4.69) is 16.0 Å². The van der Waals surface area contributed by atoms with Crippen molar-refractivity contribution in [2.24, 2.45) is 5.92 Å². The molecule has 8 heteroatoms. The molecule has 1 heterocycles. The van der Waals surface area contributed by atoms with E-state index >= 15 is 0 Å². The van der Waals surface area contributed by atoms with Crippen LogP contribution >= 0.6 is 0 Å². The minimum absolute atomic E-state index is 0.126. The third kappa shape index (κ3) is 4.44. The summed E-state index contributed by atoms with van der Waals surface area (Å²) in [6.07, 6.45) is 0.476. The summed E-state index contributed by atoms with van der Waals surface area (Å²) in [5, 5.41) is 7.18. The summed E-state index contributed by atoms with van der Waals surface area (Å²) >= 11 is 0. The normalized spacial score (nSPS) is 21.3. The third-order valence-corrected chi connectivity index (χ3v) is 3.14. The molecule has 0 aromatic carbocycles. The van der Waals surface area contributed by atoms with Crippen LogP contribution in [0.15, 0.2) is 0 Å². The number of amides is 6. The molecule has 1 saturated heterocycles. The fourth-order valence-electron chi connectivity index (χ4n) is 2.45. The molecule has 0 aliphatic carbocycles. The molecule has 1 rings (SSSR count). The number of carbonyl (C=O) groups is 4. The highest BCUT2D eigenvalue weighted by Gasteiger charge is 2.48. The van der Waals surface area contributed by atoms with E-state index in [1.165, 1.54) is 0 Å². The average molecular weight is 312 g/mol. The van der Waals surface area contributed by atoms with Crippen molar-refractivity contribution >= 4 is 23.9 Å². The summed E-state index contributed by atoms with van der Waals surface area (Å²) in [4.78, 5) is 48.3. The number of carbonyl (C=O) groups excluding carboxylic acids is 4. The molecule has 1 atom stereocenters. The van der Waals surface area contributed by atoms with E-state index in [1.807, 2.05) is 13.8 Å². The Labute approximate surface area is 130 Å². The van der Waals surface area contributed by atoms with Crippen molar-refractivity contribution in [3.05, 3.63) is 0 Å². The van der Waals surface area contributed by atoms with Gasteiger partial charge in [-0.1, -0.05) is 13.8 Å². The lowest BCUT2D eigenvalue weighted by atomic mass is 9.91. The molecular formula is C14H24N4O4. The lowest BCUT2D eigenvalue weighted by molar-refractivity contribution is -0.134. The molecule has 22 heavy (non-hydrogen) atoms. The minimum Gasteiger partial charge on any atom is -0.336 e. The van der Waals surface area contributed by atoms with Gasteiger partial charge in [-0.2, -0.15) is 0 Å². The van der Waals surface area contributed by atoms with Crippen molar-refractivity contribution in [3.63, 3.8) is 0 Å². The largest absolute Gasteiger partial charge is 0.336 e. The fraction of sp³-hybridized carbons (Fsp3) is 0.714. The zero-order valence-electron chi connectivity index (χ0n) is 13.6. The summed E-state index contributed by atoms with van der Waals surface area (Å²) in [6.45, 7) is 8.53. The lowest BCUT2D eigenvalue weighted by Crippen LogP contribution is -2.48. The van der Waals surface area contributed by atoms with Crippen LogP contribution in [0.4, 0.5) is 9.59 Å². The average Bonchev–Trinajstić information content (AvgIpc) is 2.50. The quantitative estimate of drug-likeness (QED) is 0.645. The number of nitrogens with zero attached hydrogens (tertiary/aromatic N) is 1. The summed E-state index contributed by atoms with van der Waals surface area (Å²) < 4.78 is 0. The molecule has 0 bridgehead atoms. The van der Waals surface area contributed by atoms with Gasteiger partial charge in [0, 0.05) is 6.04 Å². The van der Waals surface area contributed by atoms with Crippen LogP contribution in [-0.4, -0.2) is 46.9 Å². The second-order valence-corrected chi connectivity index (χ2v) is 6.43. The molecule has 0 aromatic heterocycles. The zero-order valence-corrected chi connectivity index (χ0v) is 13.6. The number of urea groups is 2. The van der Waals surface area contributed by atoms with Crippen LogP contribution in [0.25, 0.3) is 0 Å². The van der Waals surface area contributed by atoms with Crippen LogP contribution in [-0.2, 0) is 9.59 Å². The molecule has 1 fully saturated rings. The fourth-order valence-corrected chi connectivity index (χ4v) is 2.45. The van der Waals surface area contributed by atoms with E-state index in [9.17, 15) is 19.2 Å². The van der Waals surface area contributed by atoms with Crippen molar-refractivity contribution in [2.75, 3.05) is 6.54 Å². The third-order valence-electron chi connectivity index (χ3n) is 3.14. The monoisotopic (exact) mass is 312 g/mol. The van der Waals surface area contributed by atoms with Gasteiger partial charge in [-0.25, -0.2) is 9.59 Å². The van der Waals surface area contributed by atoms with Crippen molar-refractivity contribution in [2.45, 2.75) is 52.6 Å². The van der Waals surface area contributed by atoms with Crippen LogP contribution < -0.4 is 16.0 Å². The van der Waals surface area contributed by atoms with Crippen LogP contribution in [0.5, 0.6) is 0 Å². The Morgan fingerprint density at radius 2 is 1.82 bits per heavy atom. The van der Waals surface area contributed by atoms with Crippen LogP contribution in [0.3, 0.4) is 0 Å². The Balaban J connectivity index is 2.66. The van der Waals surface area contributed by atoms with Gasteiger partial charge in [0.25, 0.3) is 5.91 Å². The molecule has 1 aliphatic rings. The molecule has 1 aliphatic heterocycles. The first-order valence-electron chi connectivity index (χ1n) is 7.29. The second-order valence-electron chi connectivity index (χ2n) is 6.43. The van der Waals surface area contributed by atoms with Crippen molar-refractivity contribution in [1.29, 1.82) is 0 Å². The molecular weight excluding hydrogens is 288 g/mol. The van der Waals surface area contributed by atoms with Gasteiger partial charge in [-0.05, 0) is 33.1 Å². The standard InChI is InChI=1S/C14H24N4O4/c1-8(2)6-14(5)11(20)18(13(22)17-14)7-10(19)16-12(21)15-9(3)4/h8-9H,6-7H2,1-5H3,(H,17,22)(H2,15,16,19,21)/t14-/m0/s1. The van der Waals surface area contributed by atoms with Crippen molar-refractivity contribution in [3.8, 4) is 0 Å². The van der Waals surface area contributed by atoms with Gasteiger partial charge in [-0.3, -0.25) is 19.8 Å². The van der Waals surface area contributed by atoms with Crippen LogP contribution in [0, 0.1) is 5.92 Å². The van der Waals surface area contributed by atoms with Gasteiger partial charge in [0.2, 0.25) is 5.91 Å². The highest BCUT2D eigenvalue weighted by molar-refractivity contribution is 6.09. The maximum Gasteiger partial charge on any atom is 0.325 e. The van der Waals surface area contributed by atoms with Gasteiger partial charge in [-0.15, -0.1) is 0 Å². The topological polar surface area (TPSA) is 108 Å². The Morgan fingerprint density at radius 3 is 2.32 bits per heavy atom. The Kier molecular flexibility index (Phi) is 5.51. The number of nitrogens with one attached hydrogen (secondary N) is 3. The number of rotatable bonds is 5. The summed E-state index contributed by atoms with van der Waals surface area (Å²) in [5.41, 5.74) is -1.01. The van der Waals surface area contributed by atoms with Gasteiger partial charge >= 0.3 is 12.1 Å². The van der Waals surface area contributed by atoms with E-state index in [0.29, 0.717) is 6.42 Å². The second kappa shape index (κ2) is 6.76. The van der Waals surface area contributed by atoms with Gasteiger partial charge in [0.1, 0.15) is 12.1 Å². The Morgan fingerprint density at radius 1 is 1.23 bits per heavy atom. The first-order valence-corrected chi connectivity index (χ1v) is 7.29. The summed E-state index contributed by atoms with van der Waals surface area (Å²) in [6, 6.07) is -1.40. The zero-order chi connectivity index (χ0) is 17.1. The maximum absolute atomic E-state index is 12.3. The van der Waals surface area contributed by atoms with Crippen molar-refractivity contribution in [1.82, 2.24) is 20.9 Å². The summed E-state index contributed by atoms with van der Waals surface area (Å²) in [7, 11) is 0. The molecule has 8 nitrogen and oxygen atoms in total. The molecule has 0 aromatic rings. The minimum atomic E-state index is -1.01. The molecule has 0 spiro atoms. The first-order chi connectivity index (χ1) is 10.0. The van der Waals surface area contributed by atoms with E-state index in [4.69, 9.17) is 0 Å². The lowest BCUT2D eigenvalue weighted by Gasteiger charge is -2.23. The van der Waals surface area contributed by atoms with Crippen molar-refractivity contribution < 1.29 is 19.2 Å². The maximum atomic E-state index is 12.3. The number of hydrogen-bond donors (Lipinski definition) is 3. The first kappa shape index (κ1) is 17.9. The molecule has 124 valence electrons. The number of imide groups is 2. The Bertz CT molecular complexity index is 489. The van der Waals surface area contributed by atoms with Crippen LogP contribution in [0.2, 0.25) is 0 Å². The molecule has 0 saturated carbocycles. The van der Waals surface area contributed by atoms with Gasteiger partial charge in [0.05, 0.1) is 0 Å². The highest BCUT2D eigenvalue weighted by atomic mass is 16.2. The van der Waals surface area contributed by atoms with E-state index in [0.717, 1.165) is 4.90 Å². The predicted molar refractivity (Wildman–Crippen MR) is 79.9 cm³/mol. The highest BCUT2D eigenvalue weighted by Crippen LogP contribution is 2.24. The van der Waals surface area contributed by atoms with Gasteiger partial charge in [0.15, 0.2) is 0 Å². The predicted octanol–water partition coefficient (Wildman–Crippen LogP) is 0.577.